The first-order valence-electron chi connectivity index (χ1n) is 12.3. The van der Waals surface area contributed by atoms with Crippen LogP contribution in [0.3, 0.4) is 0 Å². The van der Waals surface area contributed by atoms with Gasteiger partial charge in [-0.05, 0) is 76.6 Å². The van der Waals surface area contributed by atoms with Gasteiger partial charge in [0.05, 0.1) is 24.8 Å². The van der Waals surface area contributed by atoms with E-state index in [0.717, 1.165) is 4.31 Å². The molecule has 1 aliphatic heterocycles. The minimum absolute atomic E-state index is 0.0415. The van der Waals surface area contributed by atoms with E-state index in [2.05, 4.69) is 5.32 Å². The maximum absolute atomic E-state index is 14.1. The lowest BCUT2D eigenvalue weighted by atomic mass is 9.77. The lowest BCUT2D eigenvalue weighted by Gasteiger charge is -2.25. The zero-order valence-corrected chi connectivity index (χ0v) is 23.2. The Kier molecular flexibility index (Phi) is 7.01. The second-order valence-electron chi connectivity index (χ2n) is 10.2. The Morgan fingerprint density at radius 2 is 1.71 bits per heavy atom. The molecule has 3 aromatic carbocycles. The van der Waals surface area contributed by atoms with Crippen LogP contribution in [0.1, 0.15) is 56.1 Å². The minimum atomic E-state index is -4.44. The predicted octanol–water partition coefficient (Wildman–Crippen LogP) is 4.66. The van der Waals surface area contributed by atoms with Crippen molar-refractivity contribution in [3.05, 3.63) is 83.4 Å². The van der Waals surface area contributed by atoms with Gasteiger partial charge in [-0.25, -0.2) is 12.7 Å². The van der Waals surface area contributed by atoms with Gasteiger partial charge in [0, 0.05) is 16.7 Å². The molecule has 0 bridgehead atoms. The number of rotatable bonds is 7. The van der Waals surface area contributed by atoms with Crippen LogP contribution in [0.25, 0.3) is 0 Å². The molecule has 1 heterocycles. The molecule has 0 aliphatic carbocycles. The van der Waals surface area contributed by atoms with Crippen LogP contribution in [0.4, 0.5) is 5.69 Å². The Bertz CT molecular complexity index is 1500. The zero-order valence-electron chi connectivity index (χ0n) is 22.4. The average Bonchev–Trinajstić information content (AvgIpc) is 3.11. The molecule has 1 N–H and O–H groups in total. The fourth-order valence-electron chi connectivity index (χ4n) is 4.60. The van der Waals surface area contributed by atoms with E-state index >= 15 is 0 Å². The average molecular weight is 537 g/mol. The number of carbonyl (C=O) groups excluding carboxylic acids is 2. The molecular formula is C29H32N2O6S. The van der Waals surface area contributed by atoms with Crippen molar-refractivity contribution in [2.24, 2.45) is 0 Å². The second kappa shape index (κ2) is 9.79. The number of anilines is 1. The Morgan fingerprint density at radius 1 is 1.03 bits per heavy atom. The van der Waals surface area contributed by atoms with Gasteiger partial charge in [-0.3, -0.25) is 9.59 Å². The van der Waals surface area contributed by atoms with Gasteiger partial charge in [0.1, 0.15) is 16.4 Å². The minimum Gasteiger partial charge on any atom is -0.495 e. The quantitative estimate of drug-likeness (QED) is 0.471. The number of hydrogen-bond donors (Lipinski definition) is 1. The number of methoxy groups -OCH3 is 1. The van der Waals surface area contributed by atoms with Crippen molar-refractivity contribution < 1.29 is 27.5 Å². The zero-order chi connectivity index (χ0) is 27.9. The molecule has 1 unspecified atom stereocenters. The molecule has 0 radical (unpaired) electrons. The highest BCUT2D eigenvalue weighted by Crippen LogP contribution is 2.49. The molecule has 1 atom stereocenters. The highest BCUT2D eigenvalue weighted by Gasteiger charge is 2.53. The van der Waals surface area contributed by atoms with Crippen LogP contribution in [0.5, 0.6) is 11.5 Å². The van der Waals surface area contributed by atoms with E-state index in [9.17, 15) is 18.0 Å². The molecular weight excluding hydrogens is 504 g/mol. The van der Waals surface area contributed by atoms with Crippen molar-refractivity contribution in [1.82, 2.24) is 5.32 Å². The van der Waals surface area contributed by atoms with Crippen molar-refractivity contribution in [1.29, 1.82) is 0 Å². The molecule has 0 saturated carbocycles. The number of fused-ring (bicyclic) bond motifs is 1. The first-order chi connectivity index (χ1) is 17.8. The predicted molar refractivity (Wildman–Crippen MR) is 145 cm³/mol. The van der Waals surface area contributed by atoms with Crippen molar-refractivity contribution in [3.8, 4) is 11.5 Å². The summed E-state index contributed by atoms with van der Waals surface area (Å²) in [6, 6.07) is 18.1. The number of carbonyl (C=O) groups is 2. The summed E-state index contributed by atoms with van der Waals surface area (Å²) in [6.07, 6.45) is 0. The molecule has 200 valence electrons. The Morgan fingerprint density at radius 3 is 2.32 bits per heavy atom. The largest absolute Gasteiger partial charge is 0.495 e. The van der Waals surface area contributed by atoms with Crippen LogP contribution < -0.4 is 19.1 Å². The van der Waals surface area contributed by atoms with E-state index in [1.54, 1.807) is 37.3 Å². The summed E-state index contributed by atoms with van der Waals surface area (Å²) >= 11 is 0. The number of amides is 2. The Labute approximate surface area is 223 Å². The van der Waals surface area contributed by atoms with Crippen LogP contribution in [-0.2, 0) is 20.2 Å². The van der Waals surface area contributed by atoms with Gasteiger partial charge in [-0.2, -0.15) is 0 Å². The van der Waals surface area contributed by atoms with Crippen molar-refractivity contribution in [2.75, 3.05) is 18.0 Å². The standard InChI is InChI=1S/C29H32N2O6S/c1-7-37-21-14-15-23-22(18-21)29(5,20-11-9-8-10-12-20)27(33)31(23)38(34,35)25-16-13-19(17-24(25)36-6)26(32)30-28(2,3)4/h8-18H,7H2,1-6H3,(H,30,32). The summed E-state index contributed by atoms with van der Waals surface area (Å²) < 4.78 is 40.1. The van der Waals surface area contributed by atoms with Crippen LogP contribution in [0.2, 0.25) is 0 Å². The number of hydrogen-bond acceptors (Lipinski definition) is 6. The third-order valence-electron chi connectivity index (χ3n) is 6.43. The fraction of sp³-hybridized carbons (Fsp3) is 0.310. The molecule has 0 spiro atoms. The fourth-order valence-corrected chi connectivity index (χ4v) is 6.25. The Hall–Kier alpha value is -3.85. The van der Waals surface area contributed by atoms with E-state index in [1.807, 2.05) is 45.9 Å². The van der Waals surface area contributed by atoms with Crippen LogP contribution in [-0.4, -0.2) is 39.5 Å². The summed E-state index contributed by atoms with van der Waals surface area (Å²) in [5, 5.41) is 2.84. The van der Waals surface area contributed by atoms with Crippen molar-refractivity contribution in [2.45, 2.75) is 50.5 Å². The molecule has 2 amide bonds. The van der Waals surface area contributed by atoms with E-state index in [-0.39, 0.29) is 27.8 Å². The van der Waals surface area contributed by atoms with Gasteiger partial charge in [0.15, 0.2) is 0 Å². The number of sulfonamides is 1. The molecule has 0 aromatic heterocycles. The first-order valence-corrected chi connectivity index (χ1v) is 13.7. The van der Waals surface area contributed by atoms with Crippen LogP contribution in [0, 0.1) is 0 Å². The number of nitrogens with zero attached hydrogens (tertiary/aromatic N) is 1. The molecule has 4 rings (SSSR count). The lowest BCUT2D eigenvalue weighted by Crippen LogP contribution is -2.42. The first kappa shape index (κ1) is 27.2. The van der Waals surface area contributed by atoms with Crippen LogP contribution in [0.15, 0.2) is 71.6 Å². The summed E-state index contributed by atoms with van der Waals surface area (Å²) in [5.41, 5.74) is -0.123. The highest BCUT2D eigenvalue weighted by molar-refractivity contribution is 7.93. The molecule has 9 heteroatoms. The molecule has 8 nitrogen and oxygen atoms in total. The van der Waals surface area contributed by atoms with Gasteiger partial charge in [-0.15, -0.1) is 0 Å². The van der Waals surface area contributed by atoms with E-state index in [4.69, 9.17) is 9.47 Å². The van der Waals surface area contributed by atoms with Gasteiger partial charge in [-0.1, -0.05) is 30.3 Å². The molecule has 1 aliphatic rings. The second-order valence-corrected chi connectivity index (χ2v) is 12.0. The third kappa shape index (κ3) is 4.62. The number of nitrogens with one attached hydrogen (secondary N) is 1. The number of benzene rings is 3. The summed E-state index contributed by atoms with van der Waals surface area (Å²) in [5.74, 6) is -0.501. The Balaban J connectivity index is 1.87. The molecule has 0 saturated heterocycles. The summed E-state index contributed by atoms with van der Waals surface area (Å²) in [6.45, 7) is 9.52. The maximum Gasteiger partial charge on any atom is 0.274 e. The molecule has 38 heavy (non-hydrogen) atoms. The summed E-state index contributed by atoms with van der Waals surface area (Å²) in [4.78, 5) is 26.6. The maximum atomic E-state index is 14.1. The third-order valence-corrected chi connectivity index (χ3v) is 8.17. The molecule has 0 fully saturated rings. The van der Waals surface area contributed by atoms with Crippen molar-refractivity contribution >= 4 is 27.5 Å². The van der Waals surface area contributed by atoms with Gasteiger partial charge in [0.2, 0.25) is 0 Å². The lowest BCUT2D eigenvalue weighted by molar-refractivity contribution is -0.120. The van der Waals surface area contributed by atoms with Crippen molar-refractivity contribution in [3.63, 3.8) is 0 Å². The van der Waals surface area contributed by atoms with Gasteiger partial charge >= 0.3 is 0 Å². The normalized spacial score (nSPS) is 17.2. The SMILES string of the molecule is CCOc1ccc2c(c1)C(C)(c1ccccc1)C(=O)N2S(=O)(=O)c1ccc(C(=O)NC(C)(C)C)cc1OC. The van der Waals surface area contributed by atoms with E-state index < -0.39 is 26.9 Å². The number of ether oxygens (including phenoxy) is 2. The van der Waals surface area contributed by atoms with Gasteiger partial charge < -0.3 is 14.8 Å². The topological polar surface area (TPSA) is 102 Å². The highest BCUT2D eigenvalue weighted by atomic mass is 32.2. The van der Waals surface area contributed by atoms with Crippen LogP contribution >= 0.6 is 0 Å². The van der Waals surface area contributed by atoms with E-state index in [0.29, 0.717) is 23.5 Å². The summed E-state index contributed by atoms with van der Waals surface area (Å²) in [7, 11) is -3.12. The van der Waals surface area contributed by atoms with Gasteiger partial charge in [0.25, 0.3) is 21.8 Å². The van der Waals surface area contributed by atoms with E-state index in [1.165, 1.54) is 25.3 Å². The molecule has 3 aromatic rings. The monoisotopic (exact) mass is 536 g/mol. The smallest absolute Gasteiger partial charge is 0.274 e.